The number of nitrogens with two attached hydrogens (primary N) is 2. The van der Waals surface area contributed by atoms with E-state index < -0.39 is 29.9 Å². The molecule has 2 amide bonds. The summed E-state index contributed by atoms with van der Waals surface area (Å²) in [6, 6.07) is -2.33. The quantitative estimate of drug-likeness (QED) is 0.374. The highest BCUT2D eigenvalue weighted by Gasteiger charge is 2.24. The molecule has 0 saturated carbocycles. The second-order valence-corrected chi connectivity index (χ2v) is 3.96. The van der Waals surface area contributed by atoms with Crippen LogP contribution in [0.15, 0.2) is 12.5 Å². The number of carbonyl (C=O) groups excluding carboxylic acids is 2. The lowest BCUT2D eigenvalue weighted by atomic mass is 10.1. The molecule has 0 spiro atoms. The number of hydrogen-bond donors (Lipinski definition) is 5. The van der Waals surface area contributed by atoms with E-state index in [0.29, 0.717) is 5.69 Å². The predicted octanol–water partition coefficient (Wildman–Crippen LogP) is -2.28. The van der Waals surface area contributed by atoms with Gasteiger partial charge in [-0.15, -0.1) is 0 Å². The SMILES string of the molecule is NC(=O)CC(N)C(=O)N[C@@H](Cc1cnc[nH]1)C(=O)O. The smallest absolute Gasteiger partial charge is 0.326 e. The van der Waals surface area contributed by atoms with Crippen molar-refractivity contribution in [2.75, 3.05) is 0 Å². The number of hydrogen-bond acceptors (Lipinski definition) is 5. The standard InChI is InChI=1S/C10H15N5O4/c11-6(2-8(12)16)9(17)15-7(10(18)19)1-5-3-13-4-14-5/h3-4,6-7H,1-2,11H2,(H2,12,16)(H,13,14)(H,15,17)(H,18,19)/t6?,7-/m0/s1. The van der Waals surface area contributed by atoms with Crippen LogP contribution < -0.4 is 16.8 Å². The minimum absolute atomic E-state index is 0.0321. The third-order valence-corrected chi connectivity index (χ3v) is 2.35. The van der Waals surface area contributed by atoms with Gasteiger partial charge in [0.25, 0.3) is 0 Å². The summed E-state index contributed by atoms with van der Waals surface area (Å²) < 4.78 is 0. The summed E-state index contributed by atoms with van der Waals surface area (Å²) in [5, 5.41) is 11.2. The van der Waals surface area contributed by atoms with E-state index in [9.17, 15) is 14.4 Å². The first kappa shape index (κ1) is 14.6. The number of carbonyl (C=O) groups is 3. The van der Waals surface area contributed by atoms with Gasteiger partial charge in [-0.2, -0.15) is 0 Å². The van der Waals surface area contributed by atoms with Crippen molar-refractivity contribution in [3.8, 4) is 0 Å². The summed E-state index contributed by atoms with van der Waals surface area (Å²) in [4.78, 5) is 39.7. The molecule has 0 fully saturated rings. The van der Waals surface area contributed by atoms with E-state index >= 15 is 0 Å². The Morgan fingerprint density at radius 2 is 2.16 bits per heavy atom. The molecular weight excluding hydrogens is 254 g/mol. The fourth-order valence-electron chi connectivity index (χ4n) is 1.40. The Morgan fingerprint density at radius 1 is 1.47 bits per heavy atom. The number of aliphatic carboxylic acids is 1. The predicted molar refractivity (Wildman–Crippen MR) is 63.6 cm³/mol. The summed E-state index contributed by atoms with van der Waals surface area (Å²) in [6.45, 7) is 0. The Labute approximate surface area is 108 Å². The zero-order valence-corrected chi connectivity index (χ0v) is 10.00. The van der Waals surface area contributed by atoms with Crippen LogP contribution in [0.1, 0.15) is 12.1 Å². The molecule has 0 aromatic carbocycles. The van der Waals surface area contributed by atoms with Crippen molar-refractivity contribution < 1.29 is 19.5 Å². The second kappa shape index (κ2) is 6.50. The topological polar surface area (TPSA) is 164 Å². The second-order valence-electron chi connectivity index (χ2n) is 3.96. The van der Waals surface area contributed by atoms with Crippen molar-refractivity contribution in [2.45, 2.75) is 24.9 Å². The van der Waals surface area contributed by atoms with E-state index in [4.69, 9.17) is 16.6 Å². The van der Waals surface area contributed by atoms with Crippen LogP contribution in [0.25, 0.3) is 0 Å². The maximum absolute atomic E-state index is 11.6. The Hall–Kier alpha value is -2.42. The molecule has 1 unspecified atom stereocenters. The first-order valence-electron chi connectivity index (χ1n) is 5.44. The summed E-state index contributed by atoms with van der Waals surface area (Å²) in [5.41, 5.74) is 10.9. The number of aromatic amines is 1. The minimum atomic E-state index is -1.21. The van der Waals surface area contributed by atoms with Gasteiger partial charge in [0, 0.05) is 18.3 Å². The normalized spacial score (nSPS) is 13.5. The minimum Gasteiger partial charge on any atom is -0.480 e. The van der Waals surface area contributed by atoms with E-state index in [0.717, 1.165) is 0 Å². The van der Waals surface area contributed by atoms with Crippen molar-refractivity contribution in [3.05, 3.63) is 18.2 Å². The van der Waals surface area contributed by atoms with Crippen molar-refractivity contribution in [2.24, 2.45) is 11.5 Å². The molecule has 0 aliphatic rings. The number of H-pyrrole nitrogens is 1. The molecular formula is C10H15N5O4. The van der Waals surface area contributed by atoms with Gasteiger partial charge < -0.3 is 26.9 Å². The highest BCUT2D eigenvalue weighted by Crippen LogP contribution is 2.00. The molecule has 0 aliphatic heterocycles. The molecule has 1 aromatic heterocycles. The maximum atomic E-state index is 11.6. The highest BCUT2D eigenvalue weighted by atomic mass is 16.4. The zero-order valence-electron chi connectivity index (χ0n) is 10.00. The van der Waals surface area contributed by atoms with Crippen LogP contribution >= 0.6 is 0 Å². The molecule has 0 radical (unpaired) electrons. The lowest BCUT2D eigenvalue weighted by Crippen LogP contribution is -2.50. The van der Waals surface area contributed by atoms with Crippen LogP contribution in [0.5, 0.6) is 0 Å². The number of aromatic nitrogens is 2. The third-order valence-electron chi connectivity index (χ3n) is 2.35. The number of amides is 2. The fraction of sp³-hybridized carbons (Fsp3) is 0.400. The summed E-state index contributed by atoms with van der Waals surface area (Å²) >= 11 is 0. The van der Waals surface area contributed by atoms with Gasteiger partial charge >= 0.3 is 5.97 Å². The Morgan fingerprint density at radius 3 is 2.63 bits per heavy atom. The molecule has 19 heavy (non-hydrogen) atoms. The number of imidazole rings is 1. The van der Waals surface area contributed by atoms with Crippen molar-refractivity contribution in [1.29, 1.82) is 0 Å². The first-order chi connectivity index (χ1) is 8.90. The summed E-state index contributed by atoms with van der Waals surface area (Å²) in [6.07, 6.45) is 2.53. The van der Waals surface area contributed by atoms with E-state index in [2.05, 4.69) is 15.3 Å². The Bertz CT molecular complexity index is 458. The van der Waals surface area contributed by atoms with Gasteiger partial charge in [-0.1, -0.05) is 0 Å². The van der Waals surface area contributed by atoms with Crippen LogP contribution in [0.2, 0.25) is 0 Å². The first-order valence-corrected chi connectivity index (χ1v) is 5.44. The average molecular weight is 269 g/mol. The van der Waals surface area contributed by atoms with Gasteiger partial charge in [0.1, 0.15) is 6.04 Å². The molecule has 0 saturated heterocycles. The number of primary amides is 1. The molecule has 2 atom stereocenters. The van der Waals surface area contributed by atoms with Gasteiger partial charge in [-0.25, -0.2) is 9.78 Å². The van der Waals surface area contributed by atoms with Crippen LogP contribution in [0.3, 0.4) is 0 Å². The van der Waals surface area contributed by atoms with Crippen molar-refractivity contribution >= 4 is 17.8 Å². The van der Waals surface area contributed by atoms with Crippen LogP contribution in [0, 0.1) is 0 Å². The summed E-state index contributed by atoms with van der Waals surface area (Å²) in [5.74, 6) is -2.69. The van der Waals surface area contributed by atoms with E-state index in [1.54, 1.807) is 0 Å². The van der Waals surface area contributed by atoms with Gasteiger partial charge in [0.05, 0.1) is 18.8 Å². The zero-order chi connectivity index (χ0) is 14.4. The van der Waals surface area contributed by atoms with E-state index in [1.165, 1.54) is 12.5 Å². The molecule has 9 heteroatoms. The Balaban J connectivity index is 2.61. The molecule has 0 aliphatic carbocycles. The van der Waals surface area contributed by atoms with Gasteiger partial charge in [-0.3, -0.25) is 9.59 Å². The van der Waals surface area contributed by atoms with Crippen molar-refractivity contribution in [3.63, 3.8) is 0 Å². The van der Waals surface area contributed by atoms with Crippen LogP contribution in [-0.2, 0) is 20.8 Å². The third kappa shape index (κ3) is 4.76. The molecule has 1 rings (SSSR count). The van der Waals surface area contributed by atoms with E-state index in [-0.39, 0.29) is 12.8 Å². The number of nitrogens with zero attached hydrogens (tertiary/aromatic N) is 1. The van der Waals surface area contributed by atoms with Gasteiger partial charge in [0.15, 0.2) is 0 Å². The number of carboxylic acid groups (broad SMARTS) is 1. The molecule has 7 N–H and O–H groups in total. The molecule has 9 nitrogen and oxygen atoms in total. The van der Waals surface area contributed by atoms with Crippen molar-refractivity contribution in [1.82, 2.24) is 15.3 Å². The monoisotopic (exact) mass is 269 g/mol. The average Bonchev–Trinajstić information content (AvgIpc) is 2.79. The lowest BCUT2D eigenvalue weighted by molar-refractivity contribution is -0.142. The van der Waals surface area contributed by atoms with Gasteiger partial charge in [0.2, 0.25) is 11.8 Å². The van der Waals surface area contributed by atoms with E-state index in [1.807, 2.05) is 0 Å². The fourth-order valence-corrected chi connectivity index (χ4v) is 1.40. The lowest BCUT2D eigenvalue weighted by Gasteiger charge is -2.16. The Kier molecular flexibility index (Phi) is 5.01. The molecule has 1 aromatic rings. The highest BCUT2D eigenvalue weighted by molar-refractivity contribution is 5.90. The number of nitrogens with one attached hydrogen (secondary N) is 2. The number of rotatable bonds is 7. The van der Waals surface area contributed by atoms with Crippen LogP contribution in [0.4, 0.5) is 0 Å². The van der Waals surface area contributed by atoms with Gasteiger partial charge in [-0.05, 0) is 0 Å². The largest absolute Gasteiger partial charge is 0.480 e. The molecule has 104 valence electrons. The van der Waals surface area contributed by atoms with Crippen LogP contribution in [-0.4, -0.2) is 44.9 Å². The maximum Gasteiger partial charge on any atom is 0.326 e. The molecule has 1 heterocycles. The number of carboxylic acids is 1. The summed E-state index contributed by atoms with van der Waals surface area (Å²) in [7, 11) is 0. The molecule has 0 bridgehead atoms.